The van der Waals surface area contributed by atoms with Crippen molar-refractivity contribution in [3.63, 3.8) is 0 Å². The van der Waals surface area contributed by atoms with E-state index in [4.69, 9.17) is 4.74 Å². The van der Waals surface area contributed by atoms with Crippen LogP contribution in [0.25, 0.3) is 0 Å². The Hall–Kier alpha value is -3.52. The van der Waals surface area contributed by atoms with E-state index in [1.54, 1.807) is 19.4 Å². The normalized spacial score (nSPS) is 10.5. The Morgan fingerprint density at radius 3 is 2.57 bits per heavy atom. The molecule has 2 aromatic carbocycles. The second kappa shape index (κ2) is 9.80. The van der Waals surface area contributed by atoms with Crippen LogP contribution in [0.15, 0.2) is 60.8 Å². The number of anilines is 4. The molecule has 0 saturated carbocycles. The van der Waals surface area contributed by atoms with Crippen LogP contribution >= 0.6 is 0 Å². The Bertz CT molecular complexity index is 997. The van der Waals surface area contributed by atoms with Crippen molar-refractivity contribution in [3.05, 3.63) is 72.2 Å². The molecule has 0 aliphatic carbocycles. The van der Waals surface area contributed by atoms with Crippen LogP contribution in [-0.2, 0) is 4.74 Å². The van der Waals surface area contributed by atoms with Gasteiger partial charge in [0.15, 0.2) is 0 Å². The summed E-state index contributed by atoms with van der Waals surface area (Å²) in [5.74, 6) is 0.419. The molecule has 1 aromatic heterocycles. The molecule has 0 aliphatic rings. The van der Waals surface area contributed by atoms with Gasteiger partial charge in [0.05, 0.1) is 12.3 Å². The van der Waals surface area contributed by atoms with Gasteiger partial charge in [0, 0.05) is 38.7 Å². The molecule has 156 valence electrons. The summed E-state index contributed by atoms with van der Waals surface area (Å²) in [4.78, 5) is 25.3. The Kier molecular flexibility index (Phi) is 6.92. The lowest BCUT2D eigenvalue weighted by Crippen LogP contribution is -2.32. The zero-order valence-corrected chi connectivity index (χ0v) is 17.2. The van der Waals surface area contributed by atoms with Crippen LogP contribution in [0.3, 0.4) is 0 Å². The van der Waals surface area contributed by atoms with Gasteiger partial charge in [-0.15, -0.1) is 0 Å². The topological polar surface area (TPSA) is 70.6 Å². The van der Waals surface area contributed by atoms with Crippen molar-refractivity contribution < 1.29 is 13.9 Å². The van der Waals surface area contributed by atoms with Gasteiger partial charge in [-0.25, -0.2) is 19.1 Å². The summed E-state index contributed by atoms with van der Waals surface area (Å²) in [6.07, 6.45) is 1.58. The van der Waals surface area contributed by atoms with E-state index in [1.165, 1.54) is 29.2 Å². The Morgan fingerprint density at radius 1 is 1.13 bits per heavy atom. The number of hydrogen-bond acceptors (Lipinski definition) is 5. The molecule has 0 aliphatic heterocycles. The van der Waals surface area contributed by atoms with Crippen molar-refractivity contribution in [1.29, 1.82) is 0 Å². The van der Waals surface area contributed by atoms with E-state index in [9.17, 15) is 9.18 Å². The van der Waals surface area contributed by atoms with Gasteiger partial charge in [-0.05, 0) is 42.8 Å². The number of benzene rings is 2. The maximum atomic E-state index is 13.5. The lowest BCUT2D eigenvalue weighted by Gasteiger charge is -2.24. The van der Waals surface area contributed by atoms with Gasteiger partial charge in [0.25, 0.3) is 0 Å². The lowest BCUT2D eigenvalue weighted by molar-refractivity contribution is 0.206. The first-order chi connectivity index (χ1) is 14.5. The Morgan fingerprint density at radius 2 is 1.87 bits per heavy atom. The average molecular weight is 409 g/mol. The first-order valence-corrected chi connectivity index (χ1v) is 9.45. The summed E-state index contributed by atoms with van der Waals surface area (Å²) < 4.78 is 18.6. The number of carbonyl (C=O) groups is 1. The number of amides is 2. The zero-order valence-electron chi connectivity index (χ0n) is 17.2. The number of methoxy groups -OCH3 is 1. The molecule has 30 heavy (non-hydrogen) atoms. The van der Waals surface area contributed by atoms with Crippen molar-refractivity contribution in [2.45, 2.75) is 6.92 Å². The summed E-state index contributed by atoms with van der Waals surface area (Å²) in [5, 5.41) is 2.90. The second-order valence-corrected chi connectivity index (χ2v) is 6.69. The van der Waals surface area contributed by atoms with Crippen molar-refractivity contribution in [2.24, 2.45) is 0 Å². The van der Waals surface area contributed by atoms with Crippen LogP contribution in [0.5, 0.6) is 0 Å². The van der Waals surface area contributed by atoms with Gasteiger partial charge < -0.3 is 15.0 Å². The molecule has 3 aromatic rings. The standard InChI is InChI=1S/C22H24FN5O2/c1-16-6-4-5-7-19(16)25-22(29)28(18-10-8-17(23)9-11-18)20-12-13-24-21(26-20)27(2)14-15-30-3/h4-13H,14-15H2,1-3H3,(H,25,29). The summed E-state index contributed by atoms with van der Waals surface area (Å²) >= 11 is 0. The highest BCUT2D eigenvalue weighted by Crippen LogP contribution is 2.27. The molecule has 0 spiro atoms. The summed E-state index contributed by atoms with van der Waals surface area (Å²) in [6, 6.07) is 14.4. The third kappa shape index (κ3) is 5.09. The van der Waals surface area contributed by atoms with Crippen LogP contribution in [0.2, 0.25) is 0 Å². The van der Waals surface area contributed by atoms with Crippen LogP contribution < -0.4 is 15.1 Å². The summed E-state index contributed by atoms with van der Waals surface area (Å²) in [5.41, 5.74) is 2.08. The van der Waals surface area contributed by atoms with Crippen LogP contribution in [0.1, 0.15) is 5.56 Å². The van der Waals surface area contributed by atoms with Crippen molar-refractivity contribution in [2.75, 3.05) is 42.4 Å². The van der Waals surface area contributed by atoms with E-state index >= 15 is 0 Å². The van der Waals surface area contributed by atoms with Crippen molar-refractivity contribution in [3.8, 4) is 0 Å². The number of carbonyl (C=O) groups excluding carboxylic acids is 1. The van der Waals surface area contributed by atoms with Crippen LogP contribution in [0.4, 0.5) is 32.3 Å². The highest BCUT2D eigenvalue weighted by molar-refractivity contribution is 6.06. The number of rotatable bonds is 7. The lowest BCUT2D eigenvalue weighted by atomic mass is 10.2. The Balaban J connectivity index is 1.97. The molecule has 0 unspecified atom stereocenters. The van der Waals surface area contributed by atoms with E-state index in [0.29, 0.717) is 36.3 Å². The van der Waals surface area contributed by atoms with E-state index in [0.717, 1.165) is 5.56 Å². The van der Waals surface area contributed by atoms with E-state index in [2.05, 4.69) is 15.3 Å². The molecule has 0 radical (unpaired) electrons. The number of ether oxygens (including phenoxy) is 1. The summed E-state index contributed by atoms with van der Waals surface area (Å²) in [6.45, 7) is 3.01. The van der Waals surface area contributed by atoms with Gasteiger partial charge in [-0.3, -0.25) is 0 Å². The molecule has 0 atom stereocenters. The molecule has 8 heteroatoms. The molecule has 0 saturated heterocycles. The maximum Gasteiger partial charge on any atom is 0.332 e. The maximum absolute atomic E-state index is 13.5. The van der Waals surface area contributed by atoms with Gasteiger partial charge >= 0.3 is 6.03 Å². The van der Waals surface area contributed by atoms with E-state index in [1.807, 2.05) is 43.1 Å². The second-order valence-electron chi connectivity index (χ2n) is 6.69. The first kappa shape index (κ1) is 21.2. The SMILES string of the molecule is COCCN(C)c1nccc(N(C(=O)Nc2ccccc2C)c2ccc(F)cc2)n1. The third-order valence-corrected chi connectivity index (χ3v) is 4.50. The Labute approximate surface area is 175 Å². The van der Waals surface area contributed by atoms with Gasteiger partial charge in [0.1, 0.15) is 11.6 Å². The van der Waals surface area contributed by atoms with Crippen molar-refractivity contribution >= 4 is 29.2 Å². The minimum atomic E-state index is -0.417. The van der Waals surface area contributed by atoms with Crippen molar-refractivity contribution in [1.82, 2.24) is 9.97 Å². The molecule has 1 heterocycles. The van der Waals surface area contributed by atoms with Gasteiger partial charge in [0.2, 0.25) is 5.95 Å². The highest BCUT2D eigenvalue weighted by Gasteiger charge is 2.21. The van der Waals surface area contributed by atoms with E-state index < -0.39 is 6.03 Å². The third-order valence-electron chi connectivity index (χ3n) is 4.50. The number of para-hydroxylation sites is 1. The smallest absolute Gasteiger partial charge is 0.332 e. The molecular formula is C22H24FN5O2. The van der Waals surface area contributed by atoms with E-state index in [-0.39, 0.29) is 5.82 Å². The highest BCUT2D eigenvalue weighted by atomic mass is 19.1. The molecule has 2 amide bonds. The minimum absolute atomic E-state index is 0.363. The molecular weight excluding hydrogens is 385 g/mol. The number of halogens is 1. The monoisotopic (exact) mass is 409 g/mol. The number of aromatic nitrogens is 2. The van der Waals surface area contributed by atoms with Crippen LogP contribution in [0, 0.1) is 12.7 Å². The fraction of sp³-hybridized carbons (Fsp3) is 0.227. The molecule has 3 rings (SSSR count). The average Bonchev–Trinajstić information content (AvgIpc) is 2.75. The predicted molar refractivity (Wildman–Crippen MR) is 116 cm³/mol. The molecule has 7 nitrogen and oxygen atoms in total. The molecule has 0 fully saturated rings. The summed E-state index contributed by atoms with van der Waals surface area (Å²) in [7, 11) is 3.46. The van der Waals surface area contributed by atoms with Gasteiger partial charge in [-0.1, -0.05) is 18.2 Å². The van der Waals surface area contributed by atoms with Crippen LogP contribution in [-0.4, -0.2) is 43.3 Å². The zero-order chi connectivity index (χ0) is 21.5. The number of likely N-dealkylation sites (N-methyl/N-ethyl adjacent to an activating group) is 1. The number of nitrogens with zero attached hydrogens (tertiary/aromatic N) is 4. The number of aryl methyl sites for hydroxylation is 1. The fourth-order valence-corrected chi connectivity index (χ4v) is 2.80. The quantitative estimate of drug-likeness (QED) is 0.627. The fourth-order valence-electron chi connectivity index (χ4n) is 2.80. The minimum Gasteiger partial charge on any atom is -0.383 e. The number of hydrogen-bond donors (Lipinski definition) is 1. The molecule has 1 N–H and O–H groups in total. The largest absolute Gasteiger partial charge is 0.383 e. The predicted octanol–water partition coefficient (Wildman–Crippen LogP) is 4.38. The molecule has 0 bridgehead atoms. The van der Waals surface area contributed by atoms with Gasteiger partial charge in [-0.2, -0.15) is 4.98 Å². The number of urea groups is 1. The number of nitrogens with one attached hydrogen (secondary N) is 1. The first-order valence-electron chi connectivity index (χ1n) is 9.45.